The van der Waals surface area contributed by atoms with Crippen LogP contribution in [0.3, 0.4) is 0 Å². The Balaban J connectivity index is 2.90. The molecule has 15 heavy (non-hydrogen) atoms. The van der Waals surface area contributed by atoms with E-state index >= 15 is 0 Å². The standard InChI is InChI=1S/C9H9ClN2O2S/c1-2-14-7-5-15-9(6(7)4-11)12-8(13)3-10/h5H,2-3H2,1H3,(H,12,13). The van der Waals surface area contributed by atoms with E-state index in [1.807, 2.05) is 13.0 Å². The van der Waals surface area contributed by atoms with E-state index in [1.54, 1.807) is 5.38 Å². The minimum absolute atomic E-state index is 0.132. The lowest BCUT2D eigenvalue weighted by molar-refractivity contribution is -0.113. The summed E-state index contributed by atoms with van der Waals surface area (Å²) in [6, 6.07) is 1.99. The van der Waals surface area contributed by atoms with Crippen molar-refractivity contribution >= 4 is 33.8 Å². The molecule has 1 amide bonds. The molecule has 0 unspecified atom stereocenters. The molecule has 80 valence electrons. The van der Waals surface area contributed by atoms with E-state index in [0.29, 0.717) is 22.9 Å². The van der Waals surface area contributed by atoms with Crippen molar-refractivity contribution in [1.29, 1.82) is 5.26 Å². The number of halogens is 1. The highest BCUT2D eigenvalue weighted by Crippen LogP contribution is 2.33. The van der Waals surface area contributed by atoms with Crippen LogP contribution < -0.4 is 10.1 Å². The molecule has 0 aromatic carbocycles. The van der Waals surface area contributed by atoms with E-state index in [-0.39, 0.29) is 11.8 Å². The number of anilines is 1. The molecule has 4 nitrogen and oxygen atoms in total. The predicted octanol–water partition coefficient (Wildman–Crippen LogP) is 2.20. The van der Waals surface area contributed by atoms with Gasteiger partial charge >= 0.3 is 0 Å². The van der Waals surface area contributed by atoms with Crippen LogP contribution in [0.4, 0.5) is 5.00 Å². The molecule has 0 fully saturated rings. The average molecular weight is 245 g/mol. The summed E-state index contributed by atoms with van der Waals surface area (Å²) in [7, 11) is 0. The zero-order valence-electron chi connectivity index (χ0n) is 8.04. The molecular weight excluding hydrogens is 236 g/mol. The van der Waals surface area contributed by atoms with Crippen LogP contribution >= 0.6 is 22.9 Å². The minimum Gasteiger partial charge on any atom is -0.492 e. The van der Waals surface area contributed by atoms with Crippen molar-refractivity contribution in [3.05, 3.63) is 10.9 Å². The van der Waals surface area contributed by atoms with Crippen LogP contribution in [-0.4, -0.2) is 18.4 Å². The third kappa shape index (κ3) is 2.85. The van der Waals surface area contributed by atoms with E-state index in [2.05, 4.69) is 5.32 Å². The smallest absolute Gasteiger partial charge is 0.239 e. The molecule has 1 N–H and O–H groups in total. The quantitative estimate of drug-likeness (QED) is 0.826. The minimum atomic E-state index is -0.335. The molecule has 1 rings (SSSR count). The molecule has 0 saturated carbocycles. The zero-order chi connectivity index (χ0) is 11.3. The van der Waals surface area contributed by atoms with Gasteiger partial charge in [-0.15, -0.1) is 22.9 Å². The summed E-state index contributed by atoms with van der Waals surface area (Å²) in [5.74, 6) is 0.0279. The molecule has 1 aromatic heterocycles. The van der Waals surface area contributed by atoms with Gasteiger partial charge in [0.25, 0.3) is 0 Å². The maximum atomic E-state index is 11.0. The van der Waals surface area contributed by atoms with Gasteiger partial charge in [-0.1, -0.05) is 0 Å². The third-order valence-corrected chi connectivity index (χ3v) is 2.66. The second-order valence-corrected chi connectivity index (χ2v) is 3.68. The van der Waals surface area contributed by atoms with Crippen molar-refractivity contribution in [3.8, 4) is 11.8 Å². The molecule has 0 bridgehead atoms. The number of carbonyl (C=O) groups excluding carboxylic acids is 1. The van der Waals surface area contributed by atoms with Crippen molar-refractivity contribution < 1.29 is 9.53 Å². The highest BCUT2D eigenvalue weighted by molar-refractivity contribution is 7.15. The van der Waals surface area contributed by atoms with Gasteiger partial charge in [-0.3, -0.25) is 4.79 Å². The fourth-order valence-corrected chi connectivity index (χ4v) is 1.88. The molecule has 0 aliphatic heterocycles. The Kier molecular flexibility index (Phi) is 4.40. The Morgan fingerprint density at radius 3 is 3.07 bits per heavy atom. The first-order valence-electron chi connectivity index (χ1n) is 4.23. The SMILES string of the molecule is CCOc1csc(NC(=O)CCl)c1C#N. The molecule has 0 aliphatic rings. The van der Waals surface area contributed by atoms with Gasteiger partial charge in [0.15, 0.2) is 0 Å². The Bertz CT molecular complexity index is 397. The molecule has 1 heterocycles. The summed E-state index contributed by atoms with van der Waals surface area (Å²) in [4.78, 5) is 11.0. The molecule has 0 radical (unpaired) electrons. The van der Waals surface area contributed by atoms with Gasteiger partial charge in [0, 0.05) is 5.38 Å². The van der Waals surface area contributed by atoms with E-state index in [1.165, 1.54) is 11.3 Å². The van der Waals surface area contributed by atoms with E-state index in [9.17, 15) is 4.79 Å². The summed E-state index contributed by atoms with van der Waals surface area (Å²) in [5.41, 5.74) is 0.348. The van der Waals surface area contributed by atoms with E-state index < -0.39 is 0 Å². The zero-order valence-corrected chi connectivity index (χ0v) is 9.61. The van der Waals surface area contributed by atoms with Crippen molar-refractivity contribution in [1.82, 2.24) is 0 Å². The average Bonchev–Trinajstić information content (AvgIpc) is 2.61. The number of rotatable bonds is 4. The first-order chi connectivity index (χ1) is 7.22. The summed E-state index contributed by atoms with van der Waals surface area (Å²) < 4.78 is 5.23. The van der Waals surface area contributed by atoms with Crippen LogP contribution in [0.25, 0.3) is 0 Å². The Morgan fingerprint density at radius 2 is 2.53 bits per heavy atom. The number of amides is 1. The topological polar surface area (TPSA) is 62.1 Å². The normalized spacial score (nSPS) is 9.40. The van der Waals surface area contributed by atoms with Gasteiger partial charge in [-0.25, -0.2) is 0 Å². The fraction of sp³-hybridized carbons (Fsp3) is 0.333. The lowest BCUT2D eigenvalue weighted by atomic mass is 10.3. The van der Waals surface area contributed by atoms with E-state index in [0.717, 1.165) is 0 Å². The van der Waals surface area contributed by atoms with Crippen LogP contribution in [0.1, 0.15) is 12.5 Å². The second kappa shape index (κ2) is 5.59. The number of ether oxygens (including phenoxy) is 1. The molecule has 0 atom stereocenters. The van der Waals surface area contributed by atoms with Crippen LogP contribution in [0.2, 0.25) is 0 Å². The maximum absolute atomic E-state index is 11.0. The largest absolute Gasteiger partial charge is 0.492 e. The first kappa shape index (κ1) is 11.8. The van der Waals surface area contributed by atoms with Gasteiger partial charge in [0.05, 0.1) is 6.61 Å². The number of thiophene rings is 1. The molecule has 0 saturated heterocycles. The summed E-state index contributed by atoms with van der Waals surface area (Å²) >= 11 is 6.59. The second-order valence-electron chi connectivity index (χ2n) is 2.53. The third-order valence-electron chi connectivity index (χ3n) is 1.54. The monoisotopic (exact) mass is 244 g/mol. The summed E-state index contributed by atoms with van der Waals surface area (Å²) in [6.07, 6.45) is 0. The predicted molar refractivity (Wildman–Crippen MR) is 59.6 cm³/mol. The first-order valence-corrected chi connectivity index (χ1v) is 5.64. The van der Waals surface area contributed by atoms with Gasteiger partial charge in [-0.2, -0.15) is 5.26 Å². The van der Waals surface area contributed by atoms with Gasteiger partial charge in [-0.05, 0) is 6.92 Å². The van der Waals surface area contributed by atoms with Gasteiger partial charge in [0.1, 0.15) is 28.3 Å². The van der Waals surface area contributed by atoms with Crippen molar-refractivity contribution in [2.24, 2.45) is 0 Å². The fourth-order valence-electron chi connectivity index (χ4n) is 0.962. The molecule has 1 aromatic rings. The molecule has 0 aliphatic carbocycles. The highest BCUT2D eigenvalue weighted by atomic mass is 35.5. The number of alkyl halides is 1. The highest BCUT2D eigenvalue weighted by Gasteiger charge is 2.14. The lowest BCUT2D eigenvalue weighted by Gasteiger charge is -2.01. The van der Waals surface area contributed by atoms with Crippen LogP contribution in [0.5, 0.6) is 5.75 Å². The molecule has 0 spiro atoms. The Morgan fingerprint density at radius 1 is 1.80 bits per heavy atom. The number of carbonyl (C=O) groups is 1. The van der Waals surface area contributed by atoms with E-state index in [4.69, 9.17) is 21.6 Å². The van der Waals surface area contributed by atoms with Crippen molar-refractivity contribution in [2.75, 3.05) is 17.8 Å². The number of hydrogen-bond donors (Lipinski definition) is 1. The van der Waals surface area contributed by atoms with Crippen molar-refractivity contribution in [3.63, 3.8) is 0 Å². The van der Waals surface area contributed by atoms with Crippen LogP contribution in [0.15, 0.2) is 5.38 Å². The number of nitriles is 1. The maximum Gasteiger partial charge on any atom is 0.239 e. The molecular formula is C9H9ClN2O2S. The van der Waals surface area contributed by atoms with Gasteiger partial charge < -0.3 is 10.1 Å². The number of nitrogens with one attached hydrogen (secondary N) is 1. The van der Waals surface area contributed by atoms with Gasteiger partial charge in [0.2, 0.25) is 5.91 Å². The van der Waals surface area contributed by atoms with Crippen LogP contribution in [-0.2, 0) is 4.79 Å². The van der Waals surface area contributed by atoms with Crippen molar-refractivity contribution in [2.45, 2.75) is 6.92 Å². The van der Waals surface area contributed by atoms with Crippen LogP contribution in [0, 0.1) is 11.3 Å². The molecule has 6 heteroatoms. The number of nitrogens with zero attached hydrogens (tertiary/aromatic N) is 1. The number of hydrogen-bond acceptors (Lipinski definition) is 4. The lowest BCUT2D eigenvalue weighted by Crippen LogP contribution is -2.12. The summed E-state index contributed by atoms with van der Waals surface area (Å²) in [5, 5.41) is 13.6. The Hall–Kier alpha value is -1.25. The Labute approximate surface area is 96.4 Å². The summed E-state index contributed by atoms with van der Waals surface area (Å²) in [6.45, 7) is 2.31.